The van der Waals surface area contributed by atoms with Crippen molar-refractivity contribution in [1.29, 1.82) is 0 Å². The molecule has 126 valence electrons. The van der Waals surface area contributed by atoms with E-state index in [1.54, 1.807) is 6.08 Å². The van der Waals surface area contributed by atoms with Crippen molar-refractivity contribution in [3.63, 3.8) is 0 Å². The molecule has 5 nitrogen and oxygen atoms in total. The summed E-state index contributed by atoms with van der Waals surface area (Å²) in [6, 6.07) is 0. The van der Waals surface area contributed by atoms with Crippen LogP contribution in [0.4, 0.5) is 0 Å². The van der Waals surface area contributed by atoms with Crippen molar-refractivity contribution < 1.29 is 14.3 Å². The number of carbonyl (C=O) groups is 2. The molecule has 1 aliphatic rings. The Balaban J connectivity index is 1.86. The standard InChI is InChI=1S/C15H26N2O3S2/c1-2-8-16-15(19)12-20-10-9-17-14(18)6-4-3-5-13-7-11-21-22-13/h2,13H,1,3-12H2,(H,16,19)(H,17,18)/t13-/m1/s1. The van der Waals surface area contributed by atoms with Crippen LogP contribution in [-0.4, -0.2) is 49.1 Å². The highest BCUT2D eigenvalue weighted by atomic mass is 33.1. The number of carbonyl (C=O) groups excluding carboxylic acids is 2. The molecule has 2 amide bonds. The zero-order valence-electron chi connectivity index (χ0n) is 13.0. The van der Waals surface area contributed by atoms with Gasteiger partial charge < -0.3 is 15.4 Å². The Labute approximate surface area is 140 Å². The highest BCUT2D eigenvalue weighted by Crippen LogP contribution is 2.39. The Morgan fingerprint density at radius 2 is 2.14 bits per heavy atom. The molecule has 0 aliphatic carbocycles. The van der Waals surface area contributed by atoms with Gasteiger partial charge in [0.2, 0.25) is 11.8 Å². The van der Waals surface area contributed by atoms with Crippen molar-refractivity contribution >= 4 is 33.4 Å². The molecule has 0 bridgehead atoms. The second kappa shape index (κ2) is 12.8. The van der Waals surface area contributed by atoms with Crippen molar-refractivity contribution in [3.8, 4) is 0 Å². The molecule has 0 spiro atoms. The first-order valence-electron chi connectivity index (χ1n) is 7.72. The average Bonchev–Trinajstić information content (AvgIpc) is 3.02. The molecule has 1 saturated heterocycles. The van der Waals surface area contributed by atoms with Crippen molar-refractivity contribution in [3.05, 3.63) is 12.7 Å². The number of ether oxygens (including phenoxy) is 1. The van der Waals surface area contributed by atoms with E-state index in [2.05, 4.69) is 17.2 Å². The lowest BCUT2D eigenvalue weighted by Gasteiger charge is -2.08. The topological polar surface area (TPSA) is 67.4 Å². The van der Waals surface area contributed by atoms with E-state index in [-0.39, 0.29) is 18.4 Å². The van der Waals surface area contributed by atoms with Crippen molar-refractivity contribution in [1.82, 2.24) is 10.6 Å². The summed E-state index contributed by atoms with van der Waals surface area (Å²) < 4.78 is 5.17. The molecule has 0 aromatic carbocycles. The van der Waals surface area contributed by atoms with Crippen molar-refractivity contribution in [2.45, 2.75) is 37.4 Å². The van der Waals surface area contributed by atoms with Crippen molar-refractivity contribution in [2.24, 2.45) is 0 Å². The molecule has 0 saturated carbocycles. The molecule has 0 aromatic rings. The smallest absolute Gasteiger partial charge is 0.246 e. The summed E-state index contributed by atoms with van der Waals surface area (Å²) in [6.45, 7) is 4.76. The van der Waals surface area contributed by atoms with Crippen molar-refractivity contribution in [2.75, 3.05) is 32.1 Å². The minimum Gasteiger partial charge on any atom is -0.370 e. The summed E-state index contributed by atoms with van der Waals surface area (Å²) >= 11 is 0. The van der Waals surface area contributed by atoms with Crippen LogP contribution in [0.3, 0.4) is 0 Å². The lowest BCUT2D eigenvalue weighted by atomic mass is 10.1. The first-order valence-corrected chi connectivity index (χ1v) is 10.1. The fraction of sp³-hybridized carbons (Fsp3) is 0.733. The third kappa shape index (κ3) is 10.1. The number of hydrogen-bond donors (Lipinski definition) is 2. The van der Waals surface area contributed by atoms with Gasteiger partial charge in [0.25, 0.3) is 0 Å². The maximum absolute atomic E-state index is 11.6. The first-order chi connectivity index (χ1) is 10.7. The van der Waals surface area contributed by atoms with Gasteiger partial charge in [0, 0.05) is 30.5 Å². The molecule has 1 atom stereocenters. The van der Waals surface area contributed by atoms with E-state index in [1.165, 1.54) is 18.6 Å². The molecule has 2 N–H and O–H groups in total. The highest BCUT2D eigenvalue weighted by Gasteiger charge is 2.15. The van der Waals surface area contributed by atoms with E-state index in [4.69, 9.17) is 4.74 Å². The average molecular weight is 347 g/mol. The van der Waals surface area contributed by atoms with Crippen LogP contribution in [0.15, 0.2) is 12.7 Å². The van der Waals surface area contributed by atoms with Crippen LogP contribution in [0.1, 0.15) is 32.1 Å². The minimum absolute atomic E-state index is 0.0147. The quantitative estimate of drug-likeness (QED) is 0.322. The molecular weight excluding hydrogens is 320 g/mol. The lowest BCUT2D eigenvalue weighted by molar-refractivity contribution is -0.125. The summed E-state index contributed by atoms with van der Waals surface area (Å²) in [5, 5.41) is 6.21. The zero-order valence-corrected chi connectivity index (χ0v) is 14.6. The van der Waals surface area contributed by atoms with Crippen LogP contribution in [-0.2, 0) is 14.3 Å². The summed E-state index contributed by atoms with van der Waals surface area (Å²) in [7, 11) is 3.95. The van der Waals surface area contributed by atoms with Crippen LogP contribution in [0, 0.1) is 0 Å². The lowest BCUT2D eigenvalue weighted by Crippen LogP contribution is -2.31. The fourth-order valence-electron chi connectivity index (χ4n) is 1.97. The van der Waals surface area contributed by atoms with Gasteiger partial charge in [-0.05, 0) is 19.3 Å². The minimum atomic E-state index is -0.172. The molecule has 0 radical (unpaired) electrons. The summed E-state index contributed by atoms with van der Waals surface area (Å²) in [5.41, 5.74) is 0. The normalized spacial score (nSPS) is 17.2. The fourth-order valence-corrected chi connectivity index (χ4v) is 5.00. The monoisotopic (exact) mass is 346 g/mol. The molecule has 1 aliphatic heterocycles. The SMILES string of the molecule is C=CCNC(=O)COCCNC(=O)CCCC[C@@H]1CCSS1. The summed E-state index contributed by atoms with van der Waals surface area (Å²) in [5.74, 6) is 1.16. The molecule has 22 heavy (non-hydrogen) atoms. The second-order valence-electron chi connectivity index (χ2n) is 5.07. The number of hydrogen-bond acceptors (Lipinski definition) is 5. The predicted molar refractivity (Wildman–Crippen MR) is 94.0 cm³/mol. The van der Waals surface area contributed by atoms with Crippen LogP contribution in [0.25, 0.3) is 0 Å². The van der Waals surface area contributed by atoms with Gasteiger partial charge in [-0.3, -0.25) is 9.59 Å². The van der Waals surface area contributed by atoms with Gasteiger partial charge in [-0.15, -0.1) is 6.58 Å². The van der Waals surface area contributed by atoms with E-state index in [9.17, 15) is 9.59 Å². The molecular formula is C15H26N2O3S2. The van der Waals surface area contributed by atoms with E-state index in [0.29, 0.717) is 26.1 Å². The zero-order chi connectivity index (χ0) is 16.0. The van der Waals surface area contributed by atoms with Gasteiger partial charge in [0.05, 0.1) is 6.61 Å². The molecule has 1 heterocycles. The van der Waals surface area contributed by atoms with Crippen LogP contribution in [0.2, 0.25) is 0 Å². The Kier molecular flexibility index (Phi) is 11.3. The van der Waals surface area contributed by atoms with Gasteiger partial charge >= 0.3 is 0 Å². The molecule has 1 fully saturated rings. The van der Waals surface area contributed by atoms with Gasteiger partial charge in [-0.25, -0.2) is 0 Å². The third-order valence-electron chi connectivity index (χ3n) is 3.15. The van der Waals surface area contributed by atoms with E-state index in [0.717, 1.165) is 18.1 Å². The van der Waals surface area contributed by atoms with Gasteiger partial charge in [0.1, 0.15) is 6.61 Å². The molecule has 1 rings (SSSR count). The van der Waals surface area contributed by atoms with Gasteiger partial charge in [-0.2, -0.15) is 0 Å². The van der Waals surface area contributed by atoms with Gasteiger partial charge in [-0.1, -0.05) is 34.1 Å². The van der Waals surface area contributed by atoms with E-state index in [1.807, 2.05) is 21.6 Å². The number of unbranched alkanes of at least 4 members (excludes halogenated alkanes) is 1. The summed E-state index contributed by atoms with van der Waals surface area (Å²) in [6.07, 6.45) is 6.77. The maximum Gasteiger partial charge on any atom is 0.246 e. The first kappa shape index (κ1) is 19.4. The predicted octanol–water partition coefficient (Wildman–Crippen LogP) is 2.14. The second-order valence-corrected chi connectivity index (χ2v) is 7.86. The molecule has 7 heteroatoms. The maximum atomic E-state index is 11.6. The Hall–Kier alpha value is -0.660. The van der Waals surface area contributed by atoms with Gasteiger partial charge in [0.15, 0.2) is 0 Å². The number of rotatable bonds is 12. The molecule has 0 unspecified atom stereocenters. The number of nitrogens with one attached hydrogen (secondary N) is 2. The van der Waals surface area contributed by atoms with Crippen LogP contribution < -0.4 is 10.6 Å². The highest BCUT2D eigenvalue weighted by molar-refractivity contribution is 8.77. The van der Waals surface area contributed by atoms with E-state index >= 15 is 0 Å². The van der Waals surface area contributed by atoms with Crippen LogP contribution in [0.5, 0.6) is 0 Å². The number of amides is 2. The largest absolute Gasteiger partial charge is 0.370 e. The van der Waals surface area contributed by atoms with E-state index < -0.39 is 0 Å². The Morgan fingerprint density at radius 1 is 1.27 bits per heavy atom. The Morgan fingerprint density at radius 3 is 2.86 bits per heavy atom. The molecule has 0 aromatic heterocycles. The third-order valence-corrected chi connectivity index (χ3v) is 6.16. The Bertz CT molecular complexity index is 348. The van der Waals surface area contributed by atoms with Crippen LogP contribution >= 0.6 is 21.6 Å². The summed E-state index contributed by atoms with van der Waals surface area (Å²) in [4.78, 5) is 22.8.